The third-order valence-electron chi connectivity index (χ3n) is 4.91. The Balaban J connectivity index is 1.57. The van der Waals surface area contributed by atoms with E-state index >= 15 is 0 Å². The van der Waals surface area contributed by atoms with E-state index in [9.17, 15) is 9.59 Å². The lowest BCUT2D eigenvalue weighted by Gasteiger charge is -2.15. The molecular weight excluding hydrogens is 444 g/mol. The van der Waals surface area contributed by atoms with Crippen molar-refractivity contribution < 1.29 is 14.3 Å². The molecule has 2 heterocycles. The van der Waals surface area contributed by atoms with Crippen LogP contribution >= 0.6 is 23.1 Å². The number of ether oxygens (including phenoxy) is 1. The minimum absolute atomic E-state index is 0.0724. The van der Waals surface area contributed by atoms with Crippen LogP contribution in [0.2, 0.25) is 0 Å². The maximum atomic E-state index is 12.8. The van der Waals surface area contributed by atoms with Crippen LogP contribution in [0.25, 0.3) is 0 Å². The van der Waals surface area contributed by atoms with Crippen LogP contribution < -0.4 is 15.4 Å². The van der Waals surface area contributed by atoms with Crippen molar-refractivity contribution in [1.29, 1.82) is 0 Å². The summed E-state index contributed by atoms with van der Waals surface area (Å²) in [6.07, 6.45) is 4.62. The maximum Gasteiger partial charge on any atom is 0.247 e. The van der Waals surface area contributed by atoms with Crippen molar-refractivity contribution in [2.24, 2.45) is 15.9 Å². The van der Waals surface area contributed by atoms with Crippen molar-refractivity contribution in [2.45, 2.75) is 51.2 Å². The van der Waals surface area contributed by atoms with Gasteiger partial charge in [0.15, 0.2) is 5.17 Å². The van der Waals surface area contributed by atoms with Crippen LogP contribution in [0.3, 0.4) is 0 Å². The molecule has 1 saturated heterocycles. The van der Waals surface area contributed by atoms with Crippen molar-refractivity contribution in [3.63, 3.8) is 0 Å². The molecule has 1 aliphatic rings. The fourth-order valence-corrected chi connectivity index (χ4v) is 4.69. The Kier molecular flexibility index (Phi) is 8.87. The van der Waals surface area contributed by atoms with Gasteiger partial charge in [-0.1, -0.05) is 44.0 Å². The largest absolute Gasteiger partial charge is 0.494 e. The first-order valence-electron chi connectivity index (χ1n) is 10.7. The van der Waals surface area contributed by atoms with Gasteiger partial charge in [-0.15, -0.1) is 16.4 Å². The number of thioether (sulfide) groups is 1. The van der Waals surface area contributed by atoms with Gasteiger partial charge in [0.25, 0.3) is 0 Å². The van der Waals surface area contributed by atoms with Crippen molar-refractivity contribution in [3.05, 3.63) is 46.7 Å². The number of amides is 2. The highest BCUT2D eigenvalue weighted by Crippen LogP contribution is 2.30. The molecule has 2 aromatic rings. The molecular formula is C23H28N4O3S2. The first-order chi connectivity index (χ1) is 15.5. The monoisotopic (exact) mass is 472 g/mol. The molecule has 1 aromatic heterocycles. The highest BCUT2D eigenvalue weighted by Gasteiger charge is 2.40. The number of rotatable bonds is 10. The summed E-state index contributed by atoms with van der Waals surface area (Å²) >= 11 is 2.62. The Morgan fingerprint density at radius 2 is 1.97 bits per heavy atom. The van der Waals surface area contributed by atoms with Crippen molar-refractivity contribution in [1.82, 2.24) is 0 Å². The van der Waals surface area contributed by atoms with E-state index in [4.69, 9.17) is 10.5 Å². The topological polar surface area (TPSA) is 97.3 Å². The first kappa shape index (κ1) is 24.0. The average molecular weight is 473 g/mol. The Hall–Kier alpha value is -2.65. The zero-order valence-electron chi connectivity index (χ0n) is 18.3. The zero-order chi connectivity index (χ0) is 22.9. The molecule has 7 nitrogen and oxygen atoms in total. The smallest absolute Gasteiger partial charge is 0.247 e. The SMILES string of the molecule is CCCCCCOc1ccc(N2C(=O)CC(S/C(N)=N/N=C(C)c3cccs3)C2=O)cc1. The Morgan fingerprint density at radius 3 is 2.66 bits per heavy atom. The summed E-state index contributed by atoms with van der Waals surface area (Å²) in [5.41, 5.74) is 7.23. The number of carbonyl (C=O) groups excluding carboxylic acids is 2. The summed E-state index contributed by atoms with van der Waals surface area (Å²) in [4.78, 5) is 27.6. The number of benzene rings is 1. The van der Waals surface area contributed by atoms with Crippen LogP contribution in [-0.2, 0) is 9.59 Å². The molecule has 3 rings (SSSR count). The minimum Gasteiger partial charge on any atom is -0.494 e. The first-order valence-corrected chi connectivity index (χ1v) is 12.4. The highest BCUT2D eigenvalue weighted by atomic mass is 32.2. The predicted octanol–water partition coefficient (Wildman–Crippen LogP) is 4.81. The van der Waals surface area contributed by atoms with Gasteiger partial charge in [-0.2, -0.15) is 5.10 Å². The molecule has 2 amide bonds. The van der Waals surface area contributed by atoms with E-state index in [1.54, 1.807) is 35.6 Å². The summed E-state index contributed by atoms with van der Waals surface area (Å²) in [6.45, 7) is 4.68. The van der Waals surface area contributed by atoms with E-state index < -0.39 is 5.25 Å². The maximum absolute atomic E-state index is 12.8. The number of amidine groups is 1. The third kappa shape index (κ3) is 6.43. The predicted molar refractivity (Wildman–Crippen MR) is 133 cm³/mol. The number of unbranched alkanes of at least 4 members (excludes halogenated alkanes) is 3. The highest BCUT2D eigenvalue weighted by molar-refractivity contribution is 8.14. The van der Waals surface area contributed by atoms with Gasteiger partial charge in [0.05, 0.1) is 22.9 Å². The van der Waals surface area contributed by atoms with E-state index in [1.165, 1.54) is 17.7 Å². The Morgan fingerprint density at radius 1 is 1.19 bits per heavy atom. The van der Waals surface area contributed by atoms with Crippen LogP contribution in [0.15, 0.2) is 52.0 Å². The third-order valence-corrected chi connectivity index (χ3v) is 6.86. The number of carbonyl (C=O) groups is 2. The molecule has 1 fully saturated rings. The second-order valence-corrected chi connectivity index (χ2v) is 9.55. The average Bonchev–Trinajstić information content (AvgIpc) is 3.41. The lowest BCUT2D eigenvalue weighted by atomic mass is 10.2. The summed E-state index contributed by atoms with van der Waals surface area (Å²) in [5.74, 6) is 0.169. The van der Waals surface area contributed by atoms with E-state index in [-0.39, 0.29) is 23.4 Å². The van der Waals surface area contributed by atoms with E-state index in [2.05, 4.69) is 17.1 Å². The van der Waals surface area contributed by atoms with Crippen LogP contribution in [0, 0.1) is 0 Å². The van der Waals surface area contributed by atoms with Crippen LogP contribution in [-0.4, -0.2) is 34.6 Å². The second-order valence-electron chi connectivity index (χ2n) is 7.38. The van der Waals surface area contributed by atoms with Crippen molar-refractivity contribution >= 4 is 51.5 Å². The molecule has 9 heteroatoms. The number of nitrogens with zero attached hydrogens (tertiary/aromatic N) is 3. The molecule has 0 saturated carbocycles. The summed E-state index contributed by atoms with van der Waals surface area (Å²) in [5, 5.41) is 9.64. The van der Waals surface area contributed by atoms with E-state index in [0.717, 1.165) is 40.9 Å². The number of hydrogen-bond donors (Lipinski definition) is 1. The lowest BCUT2D eigenvalue weighted by Crippen LogP contribution is -2.31. The van der Waals surface area contributed by atoms with Gasteiger partial charge in [0.2, 0.25) is 11.8 Å². The van der Waals surface area contributed by atoms with Gasteiger partial charge in [-0.25, -0.2) is 4.90 Å². The molecule has 0 spiro atoms. The molecule has 0 bridgehead atoms. The molecule has 1 unspecified atom stereocenters. The van der Waals surface area contributed by atoms with Crippen LogP contribution in [0.1, 0.15) is 50.8 Å². The van der Waals surface area contributed by atoms with Crippen molar-refractivity contribution in [3.8, 4) is 5.75 Å². The quantitative estimate of drug-likeness (QED) is 0.176. The lowest BCUT2D eigenvalue weighted by molar-refractivity contribution is -0.121. The number of anilines is 1. The van der Waals surface area contributed by atoms with Gasteiger partial charge in [-0.05, 0) is 49.1 Å². The van der Waals surface area contributed by atoms with Crippen LogP contribution in [0.5, 0.6) is 5.75 Å². The van der Waals surface area contributed by atoms with Gasteiger partial charge >= 0.3 is 0 Å². The molecule has 0 radical (unpaired) electrons. The summed E-state index contributed by atoms with van der Waals surface area (Å²) in [7, 11) is 0. The fourth-order valence-electron chi connectivity index (χ4n) is 3.21. The molecule has 32 heavy (non-hydrogen) atoms. The van der Waals surface area contributed by atoms with Crippen LogP contribution in [0.4, 0.5) is 5.69 Å². The minimum atomic E-state index is -0.613. The van der Waals surface area contributed by atoms with Gasteiger partial charge < -0.3 is 10.5 Å². The number of thiophene rings is 1. The number of imide groups is 1. The Bertz CT molecular complexity index is 972. The molecule has 170 valence electrons. The van der Waals surface area contributed by atoms with Gasteiger partial charge in [0, 0.05) is 6.42 Å². The summed E-state index contributed by atoms with van der Waals surface area (Å²) < 4.78 is 5.73. The number of hydrogen-bond acceptors (Lipinski definition) is 7. The molecule has 0 aliphatic carbocycles. The van der Waals surface area contributed by atoms with E-state index in [1.807, 2.05) is 24.4 Å². The van der Waals surface area contributed by atoms with Gasteiger partial charge in [-0.3, -0.25) is 9.59 Å². The Labute approximate surface area is 196 Å². The normalized spacial score (nSPS) is 17.3. The standard InChI is InChI=1S/C23H28N4O3S2/c1-3-4-5-6-13-30-18-11-9-17(10-12-18)27-21(28)15-20(22(27)29)32-23(24)26-25-16(2)19-8-7-14-31-19/h7-12,14,20H,3-6,13,15H2,1-2H3,(H2,24,26). The van der Waals surface area contributed by atoms with E-state index in [0.29, 0.717) is 12.3 Å². The fraction of sp³-hybridized carbons (Fsp3) is 0.391. The van der Waals surface area contributed by atoms with Crippen molar-refractivity contribution in [2.75, 3.05) is 11.5 Å². The molecule has 1 aliphatic heterocycles. The van der Waals surface area contributed by atoms with Gasteiger partial charge in [0.1, 0.15) is 11.0 Å². The molecule has 2 N–H and O–H groups in total. The summed E-state index contributed by atoms with van der Waals surface area (Å²) in [6, 6.07) is 10.9. The second kappa shape index (κ2) is 11.8. The zero-order valence-corrected chi connectivity index (χ0v) is 20.0. The molecule has 1 aromatic carbocycles. The number of nitrogens with two attached hydrogens (primary N) is 1. The molecule has 1 atom stereocenters.